The molecule has 1 heteroatoms. The lowest BCUT2D eigenvalue weighted by molar-refractivity contribution is 0.140. The Hall–Kier alpha value is -0.0400. The van der Waals surface area contributed by atoms with Gasteiger partial charge in [0, 0.05) is 5.54 Å². The van der Waals surface area contributed by atoms with Gasteiger partial charge in [-0.3, -0.25) is 0 Å². The molecule has 1 aliphatic heterocycles. The molecule has 1 aliphatic carbocycles. The molecule has 1 nitrogen and oxygen atoms in total. The second-order valence-corrected chi connectivity index (χ2v) is 6.05. The largest absolute Gasteiger partial charge is 0.311 e. The van der Waals surface area contributed by atoms with Crippen LogP contribution in [-0.4, -0.2) is 12.1 Å². The summed E-state index contributed by atoms with van der Waals surface area (Å²) in [7, 11) is 0. The zero-order valence-corrected chi connectivity index (χ0v) is 10.5. The minimum atomic E-state index is 0.488. The number of hydrogen-bond donors (Lipinski definition) is 1. The van der Waals surface area contributed by atoms with Crippen molar-refractivity contribution in [3.63, 3.8) is 0 Å². The molecule has 2 rings (SSSR count). The molecule has 1 saturated heterocycles. The average Bonchev–Trinajstić information content (AvgIpc) is 2.37. The molecule has 2 fully saturated rings. The van der Waals surface area contributed by atoms with Crippen LogP contribution < -0.4 is 5.32 Å². The minimum absolute atomic E-state index is 0.488. The van der Waals surface area contributed by atoms with Gasteiger partial charge >= 0.3 is 0 Å². The number of hydrogen-bond acceptors (Lipinski definition) is 1. The van der Waals surface area contributed by atoms with Gasteiger partial charge in [0.25, 0.3) is 0 Å². The smallest absolute Gasteiger partial charge is 0.0207 e. The maximum absolute atomic E-state index is 3.89. The Morgan fingerprint density at radius 2 is 1.93 bits per heavy atom. The molecule has 0 aromatic rings. The molecule has 15 heavy (non-hydrogen) atoms. The first-order chi connectivity index (χ1) is 7.23. The van der Waals surface area contributed by atoms with E-state index in [-0.39, 0.29) is 0 Å². The lowest BCUT2D eigenvalue weighted by atomic mass is 9.70. The molecule has 0 amide bonds. The van der Waals surface area contributed by atoms with Gasteiger partial charge in [-0.05, 0) is 37.6 Å². The van der Waals surface area contributed by atoms with Crippen LogP contribution in [-0.2, 0) is 0 Å². The van der Waals surface area contributed by atoms with Gasteiger partial charge in [0.05, 0.1) is 0 Å². The van der Waals surface area contributed by atoms with Crippen molar-refractivity contribution in [2.24, 2.45) is 11.8 Å². The molecule has 88 valence electrons. The maximum atomic E-state index is 3.89. The number of rotatable bonds is 3. The molecule has 1 N–H and O–H groups in total. The summed E-state index contributed by atoms with van der Waals surface area (Å²) >= 11 is 0. The molecule has 0 aromatic heterocycles. The summed E-state index contributed by atoms with van der Waals surface area (Å²) in [6, 6.07) is 0. The van der Waals surface area contributed by atoms with E-state index < -0.39 is 0 Å². The van der Waals surface area contributed by atoms with Crippen molar-refractivity contribution in [3.8, 4) is 0 Å². The molecule has 0 spiro atoms. The third-order valence-electron chi connectivity index (χ3n) is 4.76. The third-order valence-corrected chi connectivity index (χ3v) is 4.76. The van der Waals surface area contributed by atoms with Crippen molar-refractivity contribution < 1.29 is 0 Å². The van der Waals surface area contributed by atoms with Gasteiger partial charge in [-0.1, -0.05) is 46.0 Å². The first-order valence-corrected chi connectivity index (χ1v) is 6.98. The first-order valence-electron chi connectivity index (χ1n) is 6.98. The minimum Gasteiger partial charge on any atom is -0.311 e. The van der Waals surface area contributed by atoms with Crippen LogP contribution >= 0.6 is 0 Å². The van der Waals surface area contributed by atoms with Gasteiger partial charge in [-0.25, -0.2) is 0 Å². The standard InChI is InChI=1S/C14H27N/c1-12(2)14(11-13-7-6-8-13)9-4-3-5-10-15-14/h12-13,15H,3-11H2,1-2H3. The highest BCUT2D eigenvalue weighted by Crippen LogP contribution is 2.39. The maximum Gasteiger partial charge on any atom is 0.0207 e. The second kappa shape index (κ2) is 4.86. The summed E-state index contributed by atoms with van der Waals surface area (Å²) in [5.41, 5.74) is 0.488. The van der Waals surface area contributed by atoms with E-state index >= 15 is 0 Å². The van der Waals surface area contributed by atoms with Gasteiger partial charge in [0.2, 0.25) is 0 Å². The molecule has 0 bridgehead atoms. The lowest BCUT2D eigenvalue weighted by Crippen LogP contribution is -2.51. The Morgan fingerprint density at radius 3 is 2.53 bits per heavy atom. The lowest BCUT2D eigenvalue weighted by Gasteiger charge is -2.43. The van der Waals surface area contributed by atoms with E-state index in [4.69, 9.17) is 0 Å². The Labute approximate surface area is 95.0 Å². The summed E-state index contributed by atoms with van der Waals surface area (Å²) in [5, 5.41) is 3.89. The monoisotopic (exact) mass is 209 g/mol. The average molecular weight is 209 g/mol. The third kappa shape index (κ3) is 2.55. The summed E-state index contributed by atoms with van der Waals surface area (Å²) in [5.74, 6) is 1.84. The fraction of sp³-hybridized carbons (Fsp3) is 1.00. The van der Waals surface area contributed by atoms with Gasteiger partial charge in [-0.15, -0.1) is 0 Å². The molecule has 1 unspecified atom stereocenters. The van der Waals surface area contributed by atoms with E-state index in [0.717, 1.165) is 11.8 Å². The fourth-order valence-electron chi connectivity index (χ4n) is 3.28. The first kappa shape index (κ1) is 11.4. The Kier molecular flexibility index (Phi) is 3.71. The predicted molar refractivity (Wildman–Crippen MR) is 66.0 cm³/mol. The highest BCUT2D eigenvalue weighted by atomic mass is 15.0. The van der Waals surface area contributed by atoms with E-state index in [0.29, 0.717) is 5.54 Å². The molecule has 0 radical (unpaired) electrons. The van der Waals surface area contributed by atoms with Crippen molar-refractivity contribution in [2.75, 3.05) is 6.54 Å². The normalized spacial score (nSPS) is 33.8. The van der Waals surface area contributed by atoms with Crippen LogP contribution in [0.5, 0.6) is 0 Å². The van der Waals surface area contributed by atoms with E-state index in [1.54, 1.807) is 0 Å². The van der Waals surface area contributed by atoms with Gasteiger partial charge in [0.1, 0.15) is 0 Å². The molecule has 1 atom stereocenters. The van der Waals surface area contributed by atoms with Crippen molar-refractivity contribution >= 4 is 0 Å². The summed E-state index contributed by atoms with van der Waals surface area (Å²) < 4.78 is 0. The zero-order chi connectivity index (χ0) is 10.7. The molecular weight excluding hydrogens is 182 g/mol. The molecule has 1 saturated carbocycles. The molecular formula is C14H27N. The second-order valence-electron chi connectivity index (χ2n) is 6.05. The van der Waals surface area contributed by atoms with Crippen molar-refractivity contribution in [1.29, 1.82) is 0 Å². The van der Waals surface area contributed by atoms with Crippen LogP contribution in [0, 0.1) is 11.8 Å². The van der Waals surface area contributed by atoms with E-state index in [2.05, 4.69) is 19.2 Å². The summed E-state index contributed by atoms with van der Waals surface area (Å²) in [6.07, 6.45) is 11.6. The van der Waals surface area contributed by atoms with Crippen molar-refractivity contribution in [2.45, 2.75) is 70.8 Å². The number of nitrogens with one attached hydrogen (secondary N) is 1. The quantitative estimate of drug-likeness (QED) is 0.746. The van der Waals surface area contributed by atoms with Crippen LogP contribution in [0.4, 0.5) is 0 Å². The molecule has 2 aliphatic rings. The van der Waals surface area contributed by atoms with Crippen LogP contribution in [0.1, 0.15) is 65.2 Å². The van der Waals surface area contributed by atoms with Crippen LogP contribution in [0.3, 0.4) is 0 Å². The zero-order valence-electron chi connectivity index (χ0n) is 10.5. The predicted octanol–water partition coefficient (Wildman–Crippen LogP) is 3.74. The highest BCUT2D eigenvalue weighted by Gasteiger charge is 2.37. The van der Waals surface area contributed by atoms with Gasteiger partial charge < -0.3 is 5.32 Å². The Balaban J connectivity index is 1.99. The highest BCUT2D eigenvalue weighted by molar-refractivity contribution is 4.95. The SMILES string of the molecule is CC(C)C1(CC2CCC2)CCCCCN1. The fourth-order valence-corrected chi connectivity index (χ4v) is 3.28. The van der Waals surface area contributed by atoms with Crippen LogP contribution in [0.25, 0.3) is 0 Å². The van der Waals surface area contributed by atoms with E-state index in [1.807, 2.05) is 0 Å². The molecule has 1 heterocycles. The summed E-state index contributed by atoms with van der Waals surface area (Å²) in [6.45, 7) is 6.08. The van der Waals surface area contributed by atoms with Crippen LogP contribution in [0.15, 0.2) is 0 Å². The van der Waals surface area contributed by atoms with Gasteiger partial charge in [-0.2, -0.15) is 0 Å². The van der Waals surface area contributed by atoms with E-state index in [1.165, 1.54) is 57.9 Å². The van der Waals surface area contributed by atoms with E-state index in [9.17, 15) is 0 Å². The summed E-state index contributed by atoms with van der Waals surface area (Å²) in [4.78, 5) is 0. The van der Waals surface area contributed by atoms with Gasteiger partial charge in [0.15, 0.2) is 0 Å². The Morgan fingerprint density at radius 1 is 1.13 bits per heavy atom. The molecule has 0 aromatic carbocycles. The van der Waals surface area contributed by atoms with Crippen LogP contribution in [0.2, 0.25) is 0 Å². The Bertz CT molecular complexity index is 186. The topological polar surface area (TPSA) is 12.0 Å². The van der Waals surface area contributed by atoms with Crippen molar-refractivity contribution in [3.05, 3.63) is 0 Å². The van der Waals surface area contributed by atoms with Crippen molar-refractivity contribution in [1.82, 2.24) is 5.32 Å².